The molecule has 0 saturated heterocycles. The molecular formula is C33H35F4N3O8. The number of aromatic nitrogens is 1. The molecule has 2 amide bonds. The van der Waals surface area contributed by atoms with E-state index in [1.165, 1.54) is 43.5 Å². The zero-order chi connectivity index (χ0) is 35.4. The van der Waals surface area contributed by atoms with Crippen LogP contribution in [0, 0.1) is 5.82 Å². The fraction of sp³-hybridized carbons (Fsp3) is 0.394. The van der Waals surface area contributed by atoms with E-state index in [0.29, 0.717) is 5.75 Å². The summed E-state index contributed by atoms with van der Waals surface area (Å²) in [5.74, 6) is -2.17. The number of nitrogens with zero attached hydrogens (tertiary/aromatic N) is 1. The van der Waals surface area contributed by atoms with Gasteiger partial charge in [-0.25, -0.2) is 19.0 Å². The molecular weight excluding hydrogens is 642 g/mol. The van der Waals surface area contributed by atoms with Crippen LogP contribution in [0.5, 0.6) is 11.5 Å². The van der Waals surface area contributed by atoms with Gasteiger partial charge in [0, 0.05) is 11.1 Å². The first-order chi connectivity index (χ1) is 22.4. The minimum atomic E-state index is -5.44. The molecule has 1 fully saturated rings. The molecule has 3 aromatic rings. The predicted octanol–water partition coefficient (Wildman–Crippen LogP) is 5.36. The second-order valence-electron chi connectivity index (χ2n) is 12.0. The number of nitrogens with one attached hydrogen (secondary N) is 2. The molecule has 15 heteroatoms. The highest BCUT2D eigenvalue weighted by Gasteiger charge is 2.56. The molecule has 1 aliphatic carbocycles. The molecule has 0 aliphatic heterocycles. The van der Waals surface area contributed by atoms with Gasteiger partial charge in [0.15, 0.2) is 17.5 Å². The Hall–Kier alpha value is -4.92. The van der Waals surface area contributed by atoms with Gasteiger partial charge in [0.05, 0.1) is 38.3 Å². The first-order valence-corrected chi connectivity index (χ1v) is 14.7. The van der Waals surface area contributed by atoms with Crippen molar-refractivity contribution in [2.75, 3.05) is 20.8 Å². The van der Waals surface area contributed by atoms with E-state index in [-0.39, 0.29) is 34.2 Å². The Bertz CT molecular complexity index is 1660. The third-order valence-corrected chi connectivity index (χ3v) is 7.06. The number of alkyl carbamates (subject to hydrolysis) is 1. The summed E-state index contributed by atoms with van der Waals surface area (Å²) in [6.45, 7) is 3.25. The van der Waals surface area contributed by atoms with Crippen molar-refractivity contribution in [3.8, 4) is 22.8 Å². The van der Waals surface area contributed by atoms with Crippen molar-refractivity contribution in [1.29, 1.82) is 0 Å². The molecule has 48 heavy (non-hydrogen) atoms. The van der Waals surface area contributed by atoms with Crippen LogP contribution in [0.3, 0.4) is 0 Å². The highest BCUT2D eigenvalue weighted by molar-refractivity contribution is 5.95. The van der Waals surface area contributed by atoms with Gasteiger partial charge in [0.2, 0.25) is 5.60 Å². The van der Waals surface area contributed by atoms with Crippen LogP contribution >= 0.6 is 0 Å². The van der Waals surface area contributed by atoms with Gasteiger partial charge < -0.3 is 34.7 Å². The predicted molar refractivity (Wildman–Crippen MR) is 163 cm³/mol. The smallest absolute Gasteiger partial charge is 0.424 e. The third-order valence-electron chi connectivity index (χ3n) is 7.06. The van der Waals surface area contributed by atoms with Gasteiger partial charge in [-0.1, -0.05) is 0 Å². The number of benzene rings is 2. The second-order valence-corrected chi connectivity index (χ2v) is 12.0. The number of aliphatic hydroxyl groups is 1. The molecule has 4 rings (SSSR count). The number of esters is 1. The fourth-order valence-corrected chi connectivity index (χ4v) is 4.44. The third kappa shape index (κ3) is 8.70. The number of carbonyl (C=O) groups is 3. The maximum atomic E-state index is 14.8. The van der Waals surface area contributed by atoms with Crippen LogP contribution in [-0.2, 0) is 19.9 Å². The number of carbonyl (C=O) groups excluding carboxylic acids is 3. The summed E-state index contributed by atoms with van der Waals surface area (Å²) >= 11 is 0. The van der Waals surface area contributed by atoms with Crippen LogP contribution in [0.1, 0.15) is 61.3 Å². The molecule has 2 atom stereocenters. The van der Waals surface area contributed by atoms with Crippen LogP contribution in [0.4, 0.5) is 22.4 Å². The Morgan fingerprint density at radius 2 is 1.65 bits per heavy atom. The molecule has 0 radical (unpaired) electrons. The summed E-state index contributed by atoms with van der Waals surface area (Å²) in [4.78, 5) is 42.6. The molecule has 0 spiro atoms. The monoisotopic (exact) mass is 677 g/mol. The van der Waals surface area contributed by atoms with E-state index in [2.05, 4.69) is 15.6 Å². The minimum Gasteiger partial charge on any atom is -0.493 e. The summed E-state index contributed by atoms with van der Waals surface area (Å²) < 4.78 is 79.0. The Labute approximate surface area is 273 Å². The molecule has 0 bridgehead atoms. The standard InChI is InChI=1S/C33H35F4N3O8/c1-31(2,3)48-30(43)40-27(29(42)46-5)20-14-23(18-6-9-21(34)10-7-18)39-26(16-20)32(44,33(35,36)37)17-38-28(41)19-8-13-24(25(15-19)45-4)47-22-11-12-22/h6-10,13-16,22,27,44H,11-12,17H2,1-5H3,(H,38,41)(H,40,43)/t27?,32-/m1/s1. The largest absolute Gasteiger partial charge is 0.493 e. The zero-order valence-corrected chi connectivity index (χ0v) is 26.7. The van der Waals surface area contributed by atoms with Crippen LogP contribution in [0.25, 0.3) is 11.3 Å². The lowest BCUT2D eigenvalue weighted by Gasteiger charge is -2.31. The lowest BCUT2D eigenvalue weighted by molar-refractivity contribution is -0.265. The van der Waals surface area contributed by atoms with Crippen LogP contribution in [0.15, 0.2) is 54.6 Å². The Morgan fingerprint density at radius 3 is 2.21 bits per heavy atom. The van der Waals surface area contributed by atoms with Gasteiger partial charge in [-0.3, -0.25) is 4.79 Å². The summed E-state index contributed by atoms with van der Waals surface area (Å²) in [6, 6.07) is 8.76. The molecule has 3 N–H and O–H groups in total. The number of pyridine rings is 1. The number of hydrogen-bond acceptors (Lipinski definition) is 9. The first-order valence-electron chi connectivity index (χ1n) is 14.7. The summed E-state index contributed by atoms with van der Waals surface area (Å²) in [5, 5.41) is 15.7. The van der Waals surface area contributed by atoms with E-state index in [9.17, 15) is 37.1 Å². The van der Waals surface area contributed by atoms with Gasteiger partial charge in [0.25, 0.3) is 5.91 Å². The Balaban J connectivity index is 1.75. The van der Waals surface area contributed by atoms with Crippen molar-refractivity contribution in [1.82, 2.24) is 15.6 Å². The highest BCUT2D eigenvalue weighted by atomic mass is 19.4. The number of halogens is 4. The van der Waals surface area contributed by atoms with Crippen LogP contribution in [-0.4, -0.2) is 66.7 Å². The maximum Gasteiger partial charge on any atom is 0.424 e. The van der Waals surface area contributed by atoms with Crippen molar-refractivity contribution >= 4 is 18.0 Å². The first kappa shape index (κ1) is 35.9. The second kappa shape index (κ2) is 14.1. The van der Waals surface area contributed by atoms with E-state index >= 15 is 0 Å². The highest BCUT2D eigenvalue weighted by Crippen LogP contribution is 2.40. The van der Waals surface area contributed by atoms with Gasteiger partial charge in [-0.15, -0.1) is 0 Å². The molecule has 1 aliphatic rings. The summed E-state index contributed by atoms with van der Waals surface area (Å²) in [7, 11) is 2.34. The van der Waals surface area contributed by atoms with Crippen molar-refractivity contribution in [2.45, 2.75) is 63.1 Å². The zero-order valence-electron chi connectivity index (χ0n) is 26.7. The van der Waals surface area contributed by atoms with Crippen molar-refractivity contribution in [3.05, 3.63) is 77.2 Å². The Kier molecular flexibility index (Phi) is 10.5. The van der Waals surface area contributed by atoms with Gasteiger partial charge >= 0.3 is 18.2 Å². The lowest BCUT2D eigenvalue weighted by Crippen LogP contribution is -2.51. The van der Waals surface area contributed by atoms with Gasteiger partial charge in [-0.2, -0.15) is 13.2 Å². The topological polar surface area (TPSA) is 145 Å². The van der Waals surface area contributed by atoms with Crippen molar-refractivity contribution in [3.63, 3.8) is 0 Å². The average molecular weight is 678 g/mol. The van der Waals surface area contributed by atoms with Gasteiger partial charge in [-0.05, 0) is 93.8 Å². The van der Waals surface area contributed by atoms with E-state index in [1.54, 1.807) is 20.8 Å². The summed E-state index contributed by atoms with van der Waals surface area (Å²) in [5.41, 5.74) is -6.38. The van der Waals surface area contributed by atoms with E-state index in [0.717, 1.165) is 38.2 Å². The average Bonchev–Trinajstić information content (AvgIpc) is 3.85. The quantitative estimate of drug-likeness (QED) is 0.181. The van der Waals surface area contributed by atoms with Gasteiger partial charge in [0.1, 0.15) is 11.4 Å². The van der Waals surface area contributed by atoms with Crippen molar-refractivity contribution in [2.24, 2.45) is 0 Å². The van der Waals surface area contributed by atoms with Crippen LogP contribution < -0.4 is 20.1 Å². The van der Waals surface area contributed by atoms with E-state index in [4.69, 9.17) is 18.9 Å². The molecule has 1 aromatic heterocycles. The summed E-state index contributed by atoms with van der Waals surface area (Å²) in [6.07, 6.45) is -4.80. The Morgan fingerprint density at radius 1 is 0.979 bits per heavy atom. The number of ether oxygens (including phenoxy) is 4. The van der Waals surface area contributed by atoms with E-state index < -0.39 is 59.4 Å². The van der Waals surface area contributed by atoms with Crippen LogP contribution in [0.2, 0.25) is 0 Å². The number of hydrogen-bond donors (Lipinski definition) is 3. The molecule has 1 saturated carbocycles. The number of rotatable bonds is 11. The maximum absolute atomic E-state index is 14.8. The molecule has 258 valence electrons. The fourth-order valence-electron chi connectivity index (χ4n) is 4.44. The number of alkyl halides is 3. The molecule has 11 nitrogen and oxygen atoms in total. The van der Waals surface area contributed by atoms with E-state index in [1.807, 2.05) is 0 Å². The molecule has 1 heterocycles. The molecule has 1 unspecified atom stereocenters. The lowest BCUT2D eigenvalue weighted by atomic mass is 9.93. The van der Waals surface area contributed by atoms with Crippen molar-refractivity contribution < 1.29 is 56.0 Å². The minimum absolute atomic E-state index is 0.0153. The number of amides is 2. The normalized spacial score (nSPS) is 15.0. The number of methoxy groups -OCH3 is 2. The SMILES string of the molecule is COC(=O)C(NC(=O)OC(C)(C)C)c1cc(-c2ccc(F)cc2)nc([C@](O)(CNC(=O)c2ccc(OC3CC3)c(OC)c2)C(F)(F)F)c1. The molecule has 2 aromatic carbocycles.